The lowest BCUT2D eigenvalue weighted by atomic mass is 10.2. The molecule has 0 bridgehead atoms. The number of aryl methyl sites for hydroxylation is 1. The molecule has 0 saturated carbocycles. The zero-order chi connectivity index (χ0) is 12.2. The van der Waals surface area contributed by atoms with Crippen LogP contribution >= 0.6 is 0 Å². The molecule has 16 heavy (non-hydrogen) atoms. The molecular weight excluding hydrogens is 228 g/mol. The molecular formula is C10H18N2O3S. The Morgan fingerprint density at radius 2 is 2.25 bits per heavy atom. The van der Waals surface area contributed by atoms with E-state index in [-0.39, 0.29) is 11.5 Å². The number of aliphatic hydroxyl groups is 1. The third-order valence-electron chi connectivity index (χ3n) is 2.42. The first-order valence-corrected chi connectivity index (χ1v) is 7.17. The Morgan fingerprint density at radius 3 is 2.75 bits per heavy atom. The Kier molecular flexibility index (Phi) is 4.49. The van der Waals surface area contributed by atoms with Crippen molar-refractivity contribution in [1.29, 1.82) is 0 Å². The SMILES string of the molecule is CCS(=O)(=O)CCCn1cc(C(C)O)cn1. The summed E-state index contributed by atoms with van der Waals surface area (Å²) in [5.41, 5.74) is 0.748. The Labute approximate surface area is 96.0 Å². The van der Waals surface area contributed by atoms with Crippen LogP contribution in [0.4, 0.5) is 0 Å². The second-order valence-corrected chi connectivity index (χ2v) is 6.28. The van der Waals surface area contributed by atoms with Crippen molar-refractivity contribution in [2.24, 2.45) is 0 Å². The number of aromatic nitrogens is 2. The number of hydrogen-bond donors (Lipinski definition) is 1. The van der Waals surface area contributed by atoms with Crippen LogP contribution in [0.5, 0.6) is 0 Å². The fraction of sp³-hybridized carbons (Fsp3) is 0.700. The highest BCUT2D eigenvalue weighted by Crippen LogP contribution is 2.10. The molecule has 0 aliphatic rings. The number of rotatable bonds is 6. The van der Waals surface area contributed by atoms with Gasteiger partial charge >= 0.3 is 0 Å². The Morgan fingerprint density at radius 1 is 1.56 bits per heavy atom. The third-order valence-corrected chi connectivity index (χ3v) is 4.21. The van der Waals surface area contributed by atoms with E-state index in [0.717, 1.165) is 5.56 Å². The molecule has 0 aromatic carbocycles. The largest absolute Gasteiger partial charge is 0.389 e. The lowest BCUT2D eigenvalue weighted by molar-refractivity contribution is 0.199. The highest BCUT2D eigenvalue weighted by molar-refractivity contribution is 7.91. The van der Waals surface area contributed by atoms with Gasteiger partial charge in [-0.05, 0) is 13.3 Å². The van der Waals surface area contributed by atoms with Gasteiger partial charge in [0.05, 0.1) is 18.1 Å². The standard InChI is InChI=1S/C10H18N2O3S/c1-3-16(14,15)6-4-5-12-8-10(7-11-12)9(2)13/h7-9,13H,3-6H2,1-2H3. The van der Waals surface area contributed by atoms with Crippen molar-refractivity contribution in [2.45, 2.75) is 32.9 Å². The fourth-order valence-electron chi connectivity index (χ4n) is 1.31. The van der Waals surface area contributed by atoms with E-state index in [1.165, 1.54) is 0 Å². The van der Waals surface area contributed by atoms with E-state index < -0.39 is 15.9 Å². The molecule has 0 spiro atoms. The van der Waals surface area contributed by atoms with Gasteiger partial charge in [-0.15, -0.1) is 0 Å². The van der Waals surface area contributed by atoms with Crippen LogP contribution < -0.4 is 0 Å². The van der Waals surface area contributed by atoms with Gasteiger partial charge in [0.1, 0.15) is 9.84 Å². The van der Waals surface area contributed by atoms with Crippen LogP contribution in [0.1, 0.15) is 31.9 Å². The van der Waals surface area contributed by atoms with Crippen molar-refractivity contribution in [3.8, 4) is 0 Å². The van der Waals surface area contributed by atoms with E-state index in [4.69, 9.17) is 0 Å². The first-order valence-electron chi connectivity index (χ1n) is 5.35. The van der Waals surface area contributed by atoms with Crippen LogP contribution in [0.25, 0.3) is 0 Å². The first-order chi connectivity index (χ1) is 7.44. The van der Waals surface area contributed by atoms with E-state index in [9.17, 15) is 13.5 Å². The van der Waals surface area contributed by atoms with E-state index >= 15 is 0 Å². The molecule has 0 aliphatic heterocycles. The minimum Gasteiger partial charge on any atom is -0.389 e. The van der Waals surface area contributed by atoms with Gasteiger partial charge in [-0.3, -0.25) is 4.68 Å². The van der Waals surface area contributed by atoms with Crippen LogP contribution in [-0.4, -0.2) is 34.8 Å². The molecule has 92 valence electrons. The number of nitrogens with zero attached hydrogens (tertiary/aromatic N) is 2. The lowest BCUT2D eigenvalue weighted by Crippen LogP contribution is -2.11. The summed E-state index contributed by atoms with van der Waals surface area (Å²) in [6, 6.07) is 0. The second-order valence-electron chi connectivity index (χ2n) is 3.80. The minimum absolute atomic E-state index is 0.186. The van der Waals surface area contributed by atoms with Crippen molar-refractivity contribution in [3.63, 3.8) is 0 Å². The summed E-state index contributed by atoms with van der Waals surface area (Å²) in [7, 11) is -2.89. The van der Waals surface area contributed by atoms with E-state index in [1.54, 1.807) is 30.9 Å². The molecule has 1 heterocycles. The highest BCUT2D eigenvalue weighted by Gasteiger charge is 2.08. The Bertz CT molecular complexity index is 423. The highest BCUT2D eigenvalue weighted by atomic mass is 32.2. The van der Waals surface area contributed by atoms with Gasteiger partial charge in [0.25, 0.3) is 0 Å². The van der Waals surface area contributed by atoms with Gasteiger partial charge in [-0.2, -0.15) is 5.10 Å². The molecule has 0 saturated heterocycles. The zero-order valence-corrected chi connectivity index (χ0v) is 10.4. The molecule has 1 aromatic heterocycles. The molecule has 1 N–H and O–H groups in total. The average Bonchev–Trinajstić information content (AvgIpc) is 2.66. The molecule has 0 amide bonds. The zero-order valence-electron chi connectivity index (χ0n) is 9.63. The van der Waals surface area contributed by atoms with E-state index in [2.05, 4.69) is 5.10 Å². The average molecular weight is 246 g/mol. The molecule has 6 heteroatoms. The van der Waals surface area contributed by atoms with Crippen LogP contribution in [0.3, 0.4) is 0 Å². The van der Waals surface area contributed by atoms with Gasteiger partial charge in [0.15, 0.2) is 0 Å². The quantitative estimate of drug-likeness (QED) is 0.804. The smallest absolute Gasteiger partial charge is 0.150 e. The monoisotopic (exact) mass is 246 g/mol. The first kappa shape index (κ1) is 13.2. The van der Waals surface area contributed by atoms with Crippen LogP contribution in [-0.2, 0) is 16.4 Å². The maximum absolute atomic E-state index is 11.2. The topological polar surface area (TPSA) is 72.2 Å². The molecule has 1 aromatic rings. The summed E-state index contributed by atoms with van der Waals surface area (Å²) in [6.07, 6.45) is 3.35. The van der Waals surface area contributed by atoms with Crippen molar-refractivity contribution >= 4 is 9.84 Å². The molecule has 1 unspecified atom stereocenters. The summed E-state index contributed by atoms with van der Waals surface area (Å²) >= 11 is 0. The summed E-state index contributed by atoms with van der Waals surface area (Å²) < 4.78 is 24.1. The molecule has 1 rings (SSSR count). The van der Waals surface area contributed by atoms with Crippen molar-refractivity contribution < 1.29 is 13.5 Å². The van der Waals surface area contributed by atoms with Gasteiger partial charge in [-0.1, -0.05) is 6.92 Å². The van der Waals surface area contributed by atoms with Gasteiger partial charge < -0.3 is 5.11 Å². The maximum Gasteiger partial charge on any atom is 0.150 e. The van der Waals surface area contributed by atoms with Gasteiger partial charge in [-0.25, -0.2) is 8.42 Å². The van der Waals surface area contributed by atoms with E-state index in [1.807, 2.05) is 0 Å². The fourth-order valence-corrected chi connectivity index (χ4v) is 2.17. The van der Waals surface area contributed by atoms with Crippen LogP contribution in [0, 0.1) is 0 Å². The van der Waals surface area contributed by atoms with Crippen molar-refractivity contribution in [1.82, 2.24) is 9.78 Å². The Balaban J connectivity index is 2.43. The molecule has 1 atom stereocenters. The molecule has 5 nitrogen and oxygen atoms in total. The minimum atomic E-state index is -2.89. The van der Waals surface area contributed by atoms with Crippen LogP contribution in [0.2, 0.25) is 0 Å². The van der Waals surface area contributed by atoms with Gasteiger partial charge in [0.2, 0.25) is 0 Å². The molecule has 0 radical (unpaired) electrons. The number of sulfone groups is 1. The number of hydrogen-bond acceptors (Lipinski definition) is 4. The van der Waals surface area contributed by atoms with Crippen molar-refractivity contribution in [2.75, 3.05) is 11.5 Å². The molecule has 0 fully saturated rings. The predicted octanol–water partition coefficient (Wildman–Crippen LogP) is 0.761. The summed E-state index contributed by atoms with van der Waals surface area (Å²) in [4.78, 5) is 0. The number of aliphatic hydroxyl groups excluding tert-OH is 1. The summed E-state index contributed by atoms with van der Waals surface area (Å²) in [6.45, 7) is 3.88. The lowest BCUT2D eigenvalue weighted by Gasteiger charge is -2.02. The summed E-state index contributed by atoms with van der Waals surface area (Å²) in [5.74, 6) is 0.373. The Hall–Kier alpha value is -0.880. The summed E-state index contributed by atoms with van der Waals surface area (Å²) in [5, 5.41) is 13.3. The van der Waals surface area contributed by atoms with Gasteiger partial charge in [0, 0.05) is 24.1 Å². The second kappa shape index (κ2) is 5.45. The van der Waals surface area contributed by atoms with E-state index in [0.29, 0.717) is 13.0 Å². The van der Waals surface area contributed by atoms with Crippen molar-refractivity contribution in [3.05, 3.63) is 18.0 Å². The molecule has 0 aliphatic carbocycles. The van der Waals surface area contributed by atoms with Crippen LogP contribution in [0.15, 0.2) is 12.4 Å². The predicted molar refractivity (Wildman–Crippen MR) is 61.8 cm³/mol. The normalized spacial score (nSPS) is 13.9. The maximum atomic E-state index is 11.2. The third kappa shape index (κ3) is 3.94.